The average Bonchev–Trinajstić information content (AvgIpc) is 3.74. The molecule has 0 atom stereocenters. The molecule has 0 fully saturated rings. The molecule has 2 aliphatic rings. The van der Waals surface area contributed by atoms with Crippen LogP contribution in [-0.2, 0) is 9.59 Å². The van der Waals surface area contributed by atoms with Crippen molar-refractivity contribution in [1.82, 2.24) is 0 Å². The van der Waals surface area contributed by atoms with Gasteiger partial charge < -0.3 is 0 Å². The summed E-state index contributed by atoms with van der Waals surface area (Å²) in [6, 6.07) is 34.8. The average molecular weight is 713 g/mol. The SMILES string of the molecule is CC(C)(C)C1=CC(=C(c2cc3ccccc3s2)c2ccc(C(=C3C=CC(=O)C(C(C)(C)C)=C3)c3cc4ccccc4s3)c3ccccc23)C=CC1=O. The summed E-state index contributed by atoms with van der Waals surface area (Å²) in [6.07, 6.45) is 11.7. The van der Waals surface area contributed by atoms with Gasteiger partial charge in [-0.05, 0) is 103 Å². The lowest BCUT2D eigenvalue weighted by molar-refractivity contribution is -0.113. The van der Waals surface area contributed by atoms with Crippen LogP contribution >= 0.6 is 22.7 Å². The first-order valence-electron chi connectivity index (χ1n) is 17.7. The molecule has 4 aromatic carbocycles. The second kappa shape index (κ2) is 12.8. The molecule has 52 heavy (non-hydrogen) atoms. The first-order chi connectivity index (χ1) is 24.9. The van der Waals surface area contributed by atoms with Crippen molar-refractivity contribution in [1.29, 1.82) is 0 Å². The van der Waals surface area contributed by atoms with E-state index in [4.69, 9.17) is 0 Å². The number of hydrogen-bond donors (Lipinski definition) is 0. The maximum absolute atomic E-state index is 13.2. The van der Waals surface area contributed by atoms with Crippen LogP contribution in [0.1, 0.15) is 62.4 Å². The van der Waals surface area contributed by atoms with E-state index in [0.29, 0.717) is 0 Å². The van der Waals surface area contributed by atoms with Crippen molar-refractivity contribution in [2.75, 3.05) is 0 Å². The summed E-state index contributed by atoms with van der Waals surface area (Å²) in [6.45, 7) is 12.6. The zero-order valence-electron chi connectivity index (χ0n) is 30.3. The molecule has 2 aromatic heterocycles. The highest BCUT2D eigenvalue weighted by molar-refractivity contribution is 7.20. The molecule has 4 heteroatoms. The minimum absolute atomic E-state index is 0.0634. The van der Waals surface area contributed by atoms with Crippen molar-refractivity contribution in [3.8, 4) is 0 Å². The van der Waals surface area contributed by atoms with E-state index in [1.165, 1.54) is 20.2 Å². The monoisotopic (exact) mass is 712 g/mol. The quantitative estimate of drug-likeness (QED) is 0.182. The van der Waals surface area contributed by atoms with E-state index >= 15 is 0 Å². The minimum atomic E-state index is -0.302. The molecule has 0 N–H and O–H groups in total. The van der Waals surface area contributed by atoms with Crippen LogP contribution in [0.2, 0.25) is 0 Å². The van der Waals surface area contributed by atoms with E-state index in [0.717, 1.165) is 65.1 Å². The molecule has 2 aliphatic carbocycles. The fourth-order valence-corrected chi connectivity index (χ4v) is 9.64. The Morgan fingerprint density at radius 2 is 0.865 bits per heavy atom. The first-order valence-corrected chi connectivity index (χ1v) is 19.4. The molecule has 6 aromatic rings. The summed E-state index contributed by atoms with van der Waals surface area (Å²) in [7, 11) is 0. The van der Waals surface area contributed by atoms with Crippen LogP contribution in [0, 0.1) is 10.8 Å². The number of thiophene rings is 2. The van der Waals surface area contributed by atoms with Crippen LogP contribution < -0.4 is 0 Å². The molecule has 0 aliphatic heterocycles. The minimum Gasteiger partial charge on any atom is -0.290 e. The lowest BCUT2D eigenvalue weighted by atomic mass is 9.78. The second-order valence-corrected chi connectivity index (χ2v) is 17.8. The van der Waals surface area contributed by atoms with Gasteiger partial charge in [-0.1, -0.05) is 126 Å². The van der Waals surface area contributed by atoms with Gasteiger partial charge in [0, 0.05) is 41.4 Å². The van der Waals surface area contributed by atoms with Gasteiger partial charge in [-0.15, -0.1) is 22.7 Å². The summed E-state index contributed by atoms with van der Waals surface area (Å²) in [5, 5.41) is 4.67. The smallest absolute Gasteiger partial charge is 0.182 e. The Morgan fingerprint density at radius 1 is 0.481 bits per heavy atom. The Bertz CT molecular complexity index is 2410. The van der Waals surface area contributed by atoms with Gasteiger partial charge in [0.05, 0.1) is 0 Å². The van der Waals surface area contributed by atoms with Gasteiger partial charge in [-0.25, -0.2) is 0 Å². The molecule has 0 unspecified atom stereocenters. The van der Waals surface area contributed by atoms with E-state index in [1.54, 1.807) is 34.8 Å². The molecule has 2 heterocycles. The third-order valence-electron chi connectivity index (χ3n) is 9.96. The highest BCUT2D eigenvalue weighted by Crippen LogP contribution is 2.46. The summed E-state index contributed by atoms with van der Waals surface area (Å²) in [4.78, 5) is 28.7. The van der Waals surface area contributed by atoms with E-state index in [2.05, 4.69) is 151 Å². The predicted octanol–water partition coefficient (Wildman–Crippen LogP) is 13.1. The van der Waals surface area contributed by atoms with Crippen molar-refractivity contribution in [3.05, 3.63) is 177 Å². The predicted molar refractivity (Wildman–Crippen MR) is 223 cm³/mol. The molecule has 0 amide bonds. The van der Waals surface area contributed by atoms with Crippen LogP contribution in [-0.4, -0.2) is 11.6 Å². The molecule has 0 saturated heterocycles. The summed E-state index contributed by atoms with van der Waals surface area (Å²) in [5.41, 5.74) is 7.53. The van der Waals surface area contributed by atoms with E-state index in [9.17, 15) is 9.59 Å². The van der Waals surface area contributed by atoms with Crippen molar-refractivity contribution < 1.29 is 9.59 Å². The summed E-state index contributed by atoms with van der Waals surface area (Å²) >= 11 is 3.57. The van der Waals surface area contributed by atoms with Crippen molar-refractivity contribution in [3.63, 3.8) is 0 Å². The molecule has 0 spiro atoms. The second-order valence-electron chi connectivity index (χ2n) is 15.7. The lowest BCUT2D eigenvalue weighted by Crippen LogP contribution is -2.19. The summed E-state index contributed by atoms with van der Waals surface area (Å²) in [5.74, 6) is 0.127. The number of benzene rings is 4. The molecule has 8 rings (SSSR count). The Morgan fingerprint density at radius 3 is 1.25 bits per heavy atom. The van der Waals surface area contributed by atoms with Crippen molar-refractivity contribution in [2.45, 2.75) is 41.5 Å². The number of hydrogen-bond acceptors (Lipinski definition) is 4. The molecule has 0 bridgehead atoms. The topological polar surface area (TPSA) is 34.1 Å². The van der Waals surface area contributed by atoms with E-state index in [-0.39, 0.29) is 22.4 Å². The van der Waals surface area contributed by atoms with Gasteiger partial charge in [0.25, 0.3) is 0 Å². The highest BCUT2D eigenvalue weighted by atomic mass is 32.1. The standard InChI is InChI=1S/C48H40O2S2/c1-47(2,3)37-25-31(19-23-39(37)49)45(43-27-29-13-7-11-17-41(29)51-43)35-21-22-36(34-16-10-9-15-33(34)35)46(44-28-30-14-8-12-18-42(30)52-44)32-20-24-40(50)38(26-32)48(4,5)6/h7-28H,1-6H3. The number of ketones is 2. The zero-order chi connectivity index (χ0) is 36.4. The maximum atomic E-state index is 13.2. The maximum Gasteiger partial charge on any atom is 0.182 e. The third kappa shape index (κ3) is 6.10. The molecule has 256 valence electrons. The van der Waals surface area contributed by atoms with E-state index < -0.39 is 0 Å². The van der Waals surface area contributed by atoms with Gasteiger partial charge in [-0.2, -0.15) is 0 Å². The number of allylic oxidation sites excluding steroid dienone is 10. The number of carbonyl (C=O) groups excluding carboxylic acids is 2. The zero-order valence-corrected chi connectivity index (χ0v) is 32.0. The van der Waals surface area contributed by atoms with Gasteiger partial charge >= 0.3 is 0 Å². The number of carbonyl (C=O) groups is 2. The highest BCUT2D eigenvalue weighted by Gasteiger charge is 2.29. The fourth-order valence-electron chi connectivity index (χ4n) is 7.35. The van der Waals surface area contributed by atoms with Crippen molar-refractivity contribution >= 4 is 76.3 Å². The molecule has 0 radical (unpaired) electrons. The number of fused-ring (bicyclic) bond motifs is 3. The van der Waals surface area contributed by atoms with Crippen LogP contribution in [0.15, 0.2) is 156 Å². The largest absolute Gasteiger partial charge is 0.290 e. The first kappa shape index (κ1) is 34.0. The molecular formula is C48H40O2S2. The Hall–Kier alpha value is -5.16. The van der Waals surface area contributed by atoms with Crippen LogP contribution in [0.5, 0.6) is 0 Å². The fraction of sp³-hybridized carbons (Fsp3) is 0.167. The van der Waals surface area contributed by atoms with Gasteiger partial charge in [-0.3, -0.25) is 9.59 Å². The van der Waals surface area contributed by atoms with Gasteiger partial charge in [0.1, 0.15) is 0 Å². The molecule has 0 saturated carbocycles. The van der Waals surface area contributed by atoms with E-state index in [1.807, 2.05) is 12.2 Å². The Kier molecular flexibility index (Phi) is 8.36. The molecule has 2 nitrogen and oxygen atoms in total. The Labute approximate surface area is 313 Å². The number of rotatable bonds is 4. The van der Waals surface area contributed by atoms with Crippen LogP contribution in [0.25, 0.3) is 42.1 Å². The summed E-state index contributed by atoms with van der Waals surface area (Å²) < 4.78 is 2.45. The normalized spacial score (nSPS) is 17.3. The third-order valence-corrected chi connectivity index (χ3v) is 12.2. The lowest BCUT2D eigenvalue weighted by Gasteiger charge is -2.25. The van der Waals surface area contributed by atoms with Gasteiger partial charge in [0.15, 0.2) is 11.6 Å². The van der Waals surface area contributed by atoms with Crippen LogP contribution in [0.3, 0.4) is 0 Å². The van der Waals surface area contributed by atoms with Gasteiger partial charge in [0.2, 0.25) is 0 Å². The van der Waals surface area contributed by atoms with Crippen LogP contribution in [0.4, 0.5) is 0 Å². The van der Waals surface area contributed by atoms with Crippen molar-refractivity contribution in [2.24, 2.45) is 10.8 Å². The molecular weight excluding hydrogens is 673 g/mol. The Balaban J connectivity index is 1.44.